The predicted octanol–water partition coefficient (Wildman–Crippen LogP) is 3.96. The van der Waals surface area contributed by atoms with Crippen LogP contribution in [-0.4, -0.2) is 22.0 Å². The molecular formula is C23H17ClN2O3. The Balaban J connectivity index is 1.59. The van der Waals surface area contributed by atoms with Gasteiger partial charge in [-0.15, -0.1) is 0 Å². The van der Waals surface area contributed by atoms with Crippen LogP contribution in [-0.2, 0) is 13.0 Å². The summed E-state index contributed by atoms with van der Waals surface area (Å²) in [5.41, 5.74) is 3.02. The molecule has 2 aromatic carbocycles. The molecule has 0 aliphatic heterocycles. The van der Waals surface area contributed by atoms with Crippen molar-refractivity contribution in [2.75, 3.05) is 0 Å². The van der Waals surface area contributed by atoms with Crippen LogP contribution in [0.4, 0.5) is 0 Å². The second kappa shape index (κ2) is 9.54. The quantitative estimate of drug-likeness (QED) is 0.631. The first kappa shape index (κ1) is 20.1. The van der Waals surface area contributed by atoms with E-state index in [0.29, 0.717) is 29.2 Å². The number of carbonyl (C=O) groups is 2. The van der Waals surface area contributed by atoms with Gasteiger partial charge in [-0.3, -0.25) is 4.79 Å². The predicted molar refractivity (Wildman–Crippen MR) is 111 cm³/mol. The summed E-state index contributed by atoms with van der Waals surface area (Å²) in [7, 11) is 0. The minimum atomic E-state index is -0.984. The zero-order valence-corrected chi connectivity index (χ0v) is 16.1. The van der Waals surface area contributed by atoms with E-state index < -0.39 is 5.97 Å². The summed E-state index contributed by atoms with van der Waals surface area (Å²) in [5, 5.41) is 12.4. The van der Waals surface area contributed by atoms with E-state index in [1.807, 2.05) is 24.3 Å². The summed E-state index contributed by atoms with van der Waals surface area (Å²) >= 11 is 5.87. The fourth-order valence-electron chi connectivity index (χ4n) is 2.53. The number of hydrogen-bond acceptors (Lipinski definition) is 3. The zero-order valence-electron chi connectivity index (χ0n) is 15.4. The highest BCUT2D eigenvalue weighted by molar-refractivity contribution is 6.30. The molecule has 2 N–H and O–H groups in total. The molecule has 3 rings (SSSR count). The van der Waals surface area contributed by atoms with E-state index in [4.69, 9.17) is 16.7 Å². The summed E-state index contributed by atoms with van der Waals surface area (Å²) < 4.78 is 0. The van der Waals surface area contributed by atoms with Gasteiger partial charge in [-0.2, -0.15) is 0 Å². The molecule has 0 atom stereocenters. The molecular weight excluding hydrogens is 388 g/mol. The number of hydrogen-bond donors (Lipinski definition) is 2. The van der Waals surface area contributed by atoms with Crippen molar-refractivity contribution in [1.29, 1.82) is 0 Å². The molecule has 0 saturated carbocycles. The molecule has 3 aromatic rings. The Morgan fingerprint density at radius 3 is 2.34 bits per heavy atom. The average molecular weight is 405 g/mol. The van der Waals surface area contributed by atoms with Gasteiger partial charge in [0.1, 0.15) is 5.69 Å². The van der Waals surface area contributed by atoms with Crippen molar-refractivity contribution in [2.45, 2.75) is 13.0 Å². The lowest BCUT2D eigenvalue weighted by atomic mass is 10.1. The van der Waals surface area contributed by atoms with E-state index in [1.165, 1.54) is 12.1 Å². The number of carbonyl (C=O) groups excluding carboxylic acids is 1. The molecule has 1 aromatic heterocycles. The van der Waals surface area contributed by atoms with Crippen LogP contribution in [0.25, 0.3) is 0 Å². The van der Waals surface area contributed by atoms with E-state index in [2.05, 4.69) is 22.1 Å². The molecule has 5 nitrogen and oxygen atoms in total. The Kier molecular flexibility index (Phi) is 6.62. The fraction of sp³-hybridized carbons (Fsp3) is 0.0870. The van der Waals surface area contributed by atoms with Crippen molar-refractivity contribution >= 4 is 23.5 Å². The van der Waals surface area contributed by atoms with Crippen LogP contribution in [0.3, 0.4) is 0 Å². The van der Waals surface area contributed by atoms with Crippen LogP contribution in [0.15, 0.2) is 66.9 Å². The Morgan fingerprint density at radius 1 is 0.966 bits per heavy atom. The Morgan fingerprint density at radius 2 is 1.66 bits per heavy atom. The number of amides is 1. The zero-order chi connectivity index (χ0) is 20.6. The van der Waals surface area contributed by atoms with Crippen LogP contribution < -0.4 is 5.32 Å². The van der Waals surface area contributed by atoms with Crippen molar-refractivity contribution in [1.82, 2.24) is 10.3 Å². The molecule has 0 aliphatic rings. The smallest absolute Gasteiger partial charge is 0.335 e. The van der Waals surface area contributed by atoms with Gasteiger partial charge in [0.2, 0.25) is 0 Å². The molecule has 0 aliphatic carbocycles. The van der Waals surface area contributed by atoms with E-state index in [-0.39, 0.29) is 11.5 Å². The topological polar surface area (TPSA) is 79.3 Å². The van der Waals surface area contributed by atoms with Crippen LogP contribution in [0.2, 0.25) is 5.02 Å². The summed E-state index contributed by atoms with van der Waals surface area (Å²) in [4.78, 5) is 27.4. The van der Waals surface area contributed by atoms with Gasteiger partial charge < -0.3 is 10.4 Å². The van der Waals surface area contributed by atoms with Gasteiger partial charge in [-0.1, -0.05) is 41.8 Å². The fourth-order valence-corrected chi connectivity index (χ4v) is 2.65. The maximum atomic E-state index is 12.4. The van der Waals surface area contributed by atoms with Crippen LogP contribution in [0.5, 0.6) is 0 Å². The monoisotopic (exact) mass is 404 g/mol. The van der Waals surface area contributed by atoms with Crippen molar-refractivity contribution in [3.8, 4) is 11.8 Å². The number of aromatic carboxylic acids is 1. The van der Waals surface area contributed by atoms with Gasteiger partial charge in [0.25, 0.3) is 5.91 Å². The van der Waals surface area contributed by atoms with E-state index in [9.17, 15) is 9.59 Å². The summed E-state index contributed by atoms with van der Waals surface area (Å²) in [5.74, 6) is 4.77. The van der Waals surface area contributed by atoms with Crippen LogP contribution >= 0.6 is 11.6 Å². The maximum Gasteiger partial charge on any atom is 0.335 e. The van der Waals surface area contributed by atoms with Crippen LogP contribution in [0.1, 0.15) is 37.5 Å². The highest BCUT2D eigenvalue weighted by Gasteiger charge is 2.07. The van der Waals surface area contributed by atoms with Gasteiger partial charge >= 0.3 is 5.97 Å². The minimum Gasteiger partial charge on any atom is -0.478 e. The van der Waals surface area contributed by atoms with Gasteiger partial charge in [0.15, 0.2) is 0 Å². The second-order valence-electron chi connectivity index (χ2n) is 6.22. The molecule has 1 heterocycles. The lowest BCUT2D eigenvalue weighted by Gasteiger charge is -2.06. The van der Waals surface area contributed by atoms with E-state index in [0.717, 1.165) is 11.1 Å². The minimum absolute atomic E-state index is 0.205. The van der Waals surface area contributed by atoms with Crippen molar-refractivity contribution in [3.05, 3.63) is 99.8 Å². The molecule has 1 amide bonds. The number of aromatic nitrogens is 1. The standard InChI is InChI=1S/C23H17ClN2O3/c24-20-10-6-16(7-11-20)2-1-3-21-14-19(12-13-25-21)22(27)26-15-17-4-8-18(9-5-17)23(28)29/h4-14H,2,15H2,(H,26,27)(H,28,29). The van der Waals surface area contributed by atoms with Crippen LogP contribution in [0, 0.1) is 11.8 Å². The third-order valence-corrected chi connectivity index (χ3v) is 4.35. The molecule has 0 radical (unpaired) electrons. The number of pyridine rings is 1. The van der Waals surface area contributed by atoms with Gasteiger partial charge in [-0.05, 0) is 53.4 Å². The summed E-state index contributed by atoms with van der Waals surface area (Å²) in [6.07, 6.45) is 2.10. The second-order valence-corrected chi connectivity index (χ2v) is 6.66. The number of carboxylic acids is 1. The Hall–Kier alpha value is -3.62. The Bertz CT molecular complexity index is 1080. The molecule has 0 saturated heterocycles. The number of rotatable bonds is 5. The third kappa shape index (κ3) is 5.93. The summed E-state index contributed by atoms with van der Waals surface area (Å²) in [6.45, 7) is 0.290. The molecule has 0 fully saturated rings. The first-order chi connectivity index (χ1) is 14.0. The molecule has 29 heavy (non-hydrogen) atoms. The lowest BCUT2D eigenvalue weighted by molar-refractivity contribution is 0.0696. The lowest BCUT2D eigenvalue weighted by Crippen LogP contribution is -2.23. The molecule has 144 valence electrons. The normalized spacial score (nSPS) is 9.97. The van der Waals surface area contributed by atoms with Crippen molar-refractivity contribution in [2.24, 2.45) is 0 Å². The number of benzene rings is 2. The molecule has 0 unspecified atom stereocenters. The number of nitrogens with one attached hydrogen (secondary N) is 1. The van der Waals surface area contributed by atoms with Gasteiger partial charge in [0, 0.05) is 29.7 Å². The Labute approximate surface area is 173 Å². The first-order valence-electron chi connectivity index (χ1n) is 8.81. The molecule has 0 bridgehead atoms. The highest BCUT2D eigenvalue weighted by Crippen LogP contribution is 2.10. The van der Waals surface area contributed by atoms with E-state index >= 15 is 0 Å². The first-order valence-corrected chi connectivity index (χ1v) is 9.19. The molecule has 6 heteroatoms. The largest absolute Gasteiger partial charge is 0.478 e. The number of halogens is 1. The summed E-state index contributed by atoms with van der Waals surface area (Å²) in [6, 6.07) is 17.1. The van der Waals surface area contributed by atoms with Crippen molar-refractivity contribution in [3.63, 3.8) is 0 Å². The van der Waals surface area contributed by atoms with Crippen molar-refractivity contribution < 1.29 is 14.7 Å². The van der Waals surface area contributed by atoms with Gasteiger partial charge in [-0.25, -0.2) is 9.78 Å². The van der Waals surface area contributed by atoms with E-state index in [1.54, 1.807) is 30.5 Å². The maximum absolute atomic E-state index is 12.4. The molecule has 0 spiro atoms. The van der Waals surface area contributed by atoms with Gasteiger partial charge in [0.05, 0.1) is 5.56 Å². The average Bonchev–Trinajstić information content (AvgIpc) is 2.74. The number of nitrogens with zero attached hydrogens (tertiary/aromatic N) is 1. The SMILES string of the molecule is O=C(O)c1ccc(CNC(=O)c2ccnc(C#CCc3ccc(Cl)cc3)c2)cc1. The third-order valence-electron chi connectivity index (χ3n) is 4.10. The number of carboxylic acid groups (broad SMARTS) is 1. The highest BCUT2D eigenvalue weighted by atomic mass is 35.5.